The summed E-state index contributed by atoms with van der Waals surface area (Å²) in [6.07, 6.45) is -1.77. The average Bonchev–Trinajstić information content (AvgIpc) is 2.68. The van der Waals surface area contributed by atoms with Crippen molar-refractivity contribution in [2.75, 3.05) is 6.61 Å². The lowest BCUT2D eigenvalue weighted by molar-refractivity contribution is -0.126. The van der Waals surface area contributed by atoms with Gasteiger partial charge in [0.05, 0.1) is 0 Å². The van der Waals surface area contributed by atoms with Crippen LogP contribution in [-0.4, -0.2) is 58.5 Å². The number of carbonyl (C=O) groups is 4. The second-order valence-electron chi connectivity index (χ2n) is 11.3. The first-order valence-electron chi connectivity index (χ1n) is 11.9. The number of nitrogens with zero attached hydrogens (tertiary/aromatic N) is 1. The van der Waals surface area contributed by atoms with Crippen LogP contribution in [0.25, 0.3) is 0 Å². The molecule has 1 aromatic carbocycles. The highest BCUT2D eigenvalue weighted by Gasteiger charge is 2.41. The highest BCUT2D eigenvalue weighted by Crippen LogP contribution is 2.21. The fraction of sp³-hybridized carbons (Fsp3) is 0.556. The average molecular weight is 521 g/mol. The van der Waals surface area contributed by atoms with Gasteiger partial charge in [0, 0.05) is 6.42 Å². The van der Waals surface area contributed by atoms with E-state index in [4.69, 9.17) is 18.9 Å². The zero-order chi connectivity index (χ0) is 28.6. The number of rotatable bonds is 7. The van der Waals surface area contributed by atoms with Gasteiger partial charge in [0.1, 0.15) is 35.2 Å². The molecule has 1 atom stereocenters. The molecule has 0 spiro atoms. The van der Waals surface area contributed by atoms with Gasteiger partial charge in [-0.05, 0) is 80.0 Å². The van der Waals surface area contributed by atoms with Crippen molar-refractivity contribution in [1.82, 2.24) is 10.2 Å². The van der Waals surface area contributed by atoms with Crippen LogP contribution in [0.3, 0.4) is 0 Å². The SMILES string of the molecule is C=CCOc1ccc(C[C@@H](C(=O)NC(=O)OC(C)(C)C)N(C(=O)OC(C)(C)C)C(=O)OC(C)(C)C)cc1. The maximum absolute atomic E-state index is 13.3. The third-order valence-electron chi connectivity index (χ3n) is 4.14. The molecule has 1 aromatic rings. The molecule has 1 rings (SSSR count). The minimum Gasteiger partial charge on any atom is -0.490 e. The highest BCUT2D eigenvalue weighted by molar-refractivity contribution is 6.00. The zero-order valence-corrected chi connectivity index (χ0v) is 23.3. The quantitative estimate of drug-likeness (QED) is 0.375. The van der Waals surface area contributed by atoms with Gasteiger partial charge in [0.25, 0.3) is 5.91 Å². The monoisotopic (exact) mass is 520 g/mol. The third-order valence-corrected chi connectivity index (χ3v) is 4.14. The molecule has 206 valence electrons. The predicted octanol–water partition coefficient (Wildman–Crippen LogP) is 5.39. The molecular weight excluding hydrogens is 480 g/mol. The minimum absolute atomic E-state index is 0.144. The Morgan fingerprint density at radius 3 is 1.70 bits per heavy atom. The summed E-state index contributed by atoms with van der Waals surface area (Å²) in [5.74, 6) is -0.382. The van der Waals surface area contributed by atoms with Crippen LogP contribution >= 0.6 is 0 Å². The lowest BCUT2D eigenvalue weighted by Crippen LogP contribution is -2.56. The van der Waals surface area contributed by atoms with E-state index in [0.29, 0.717) is 22.8 Å². The number of imide groups is 2. The van der Waals surface area contributed by atoms with Gasteiger partial charge >= 0.3 is 18.3 Å². The molecule has 0 aliphatic carbocycles. The van der Waals surface area contributed by atoms with Crippen molar-refractivity contribution < 1.29 is 38.1 Å². The number of ether oxygens (including phenoxy) is 4. The lowest BCUT2D eigenvalue weighted by atomic mass is 10.0. The van der Waals surface area contributed by atoms with E-state index in [0.717, 1.165) is 0 Å². The maximum Gasteiger partial charge on any atom is 0.420 e. The number of benzene rings is 1. The Morgan fingerprint density at radius 2 is 1.30 bits per heavy atom. The fourth-order valence-corrected chi connectivity index (χ4v) is 2.84. The van der Waals surface area contributed by atoms with Gasteiger partial charge in [-0.3, -0.25) is 10.1 Å². The normalized spacial score (nSPS) is 12.6. The smallest absolute Gasteiger partial charge is 0.420 e. The summed E-state index contributed by atoms with van der Waals surface area (Å²) in [6.45, 7) is 18.5. The van der Waals surface area contributed by atoms with E-state index in [9.17, 15) is 19.2 Å². The van der Waals surface area contributed by atoms with Crippen molar-refractivity contribution in [2.45, 2.75) is 91.6 Å². The topological polar surface area (TPSA) is 120 Å². The zero-order valence-electron chi connectivity index (χ0n) is 23.3. The van der Waals surface area contributed by atoms with Crippen molar-refractivity contribution in [3.05, 3.63) is 42.5 Å². The summed E-state index contributed by atoms with van der Waals surface area (Å²) in [6, 6.07) is 5.19. The molecular formula is C27H40N2O8. The van der Waals surface area contributed by atoms with Gasteiger partial charge in [0.15, 0.2) is 0 Å². The molecule has 0 saturated carbocycles. The Hall–Kier alpha value is -3.56. The first-order valence-corrected chi connectivity index (χ1v) is 11.9. The Morgan fingerprint density at radius 1 is 0.838 bits per heavy atom. The molecule has 10 nitrogen and oxygen atoms in total. The van der Waals surface area contributed by atoms with Crippen molar-refractivity contribution in [1.29, 1.82) is 0 Å². The van der Waals surface area contributed by atoms with Crippen molar-refractivity contribution in [2.24, 2.45) is 0 Å². The van der Waals surface area contributed by atoms with Gasteiger partial charge in [-0.2, -0.15) is 4.90 Å². The van der Waals surface area contributed by atoms with E-state index in [1.54, 1.807) is 92.7 Å². The predicted molar refractivity (Wildman–Crippen MR) is 138 cm³/mol. The summed E-state index contributed by atoms with van der Waals surface area (Å²) >= 11 is 0. The molecule has 10 heteroatoms. The largest absolute Gasteiger partial charge is 0.490 e. The van der Waals surface area contributed by atoms with E-state index >= 15 is 0 Å². The van der Waals surface area contributed by atoms with E-state index in [1.807, 2.05) is 0 Å². The molecule has 0 aliphatic rings. The molecule has 0 aliphatic heterocycles. The second kappa shape index (κ2) is 12.6. The van der Waals surface area contributed by atoms with E-state index in [2.05, 4.69) is 11.9 Å². The molecule has 37 heavy (non-hydrogen) atoms. The number of hydrogen-bond acceptors (Lipinski definition) is 8. The molecule has 0 saturated heterocycles. The molecule has 0 unspecified atom stereocenters. The summed E-state index contributed by atoms with van der Waals surface area (Å²) in [5.41, 5.74) is -2.26. The van der Waals surface area contributed by atoms with E-state index in [-0.39, 0.29) is 6.42 Å². The molecule has 0 heterocycles. The van der Waals surface area contributed by atoms with Crippen LogP contribution in [0.5, 0.6) is 5.75 Å². The molecule has 0 radical (unpaired) electrons. The second-order valence-corrected chi connectivity index (χ2v) is 11.3. The first kappa shape index (κ1) is 31.5. The number of amides is 4. The molecule has 0 aromatic heterocycles. The molecule has 4 amide bonds. The van der Waals surface area contributed by atoms with E-state index in [1.165, 1.54) is 0 Å². The minimum atomic E-state index is -1.50. The van der Waals surface area contributed by atoms with Crippen LogP contribution in [0.4, 0.5) is 14.4 Å². The standard InChI is InChI=1S/C27H40N2O8/c1-11-16-34-19-14-12-18(13-15-19)17-20(21(30)28-22(31)35-25(2,3)4)29(23(32)36-26(5,6)7)24(33)37-27(8,9)10/h11-15,20H,1,16-17H2,2-10H3,(H,28,30,31)/t20-/m0/s1. The Kier molecular flexibility index (Phi) is 10.7. The van der Waals surface area contributed by atoms with Gasteiger partial charge in [0.2, 0.25) is 0 Å². The van der Waals surface area contributed by atoms with Crippen LogP contribution in [0, 0.1) is 0 Å². The van der Waals surface area contributed by atoms with Gasteiger partial charge in [-0.25, -0.2) is 14.4 Å². The number of nitrogens with one attached hydrogen (secondary N) is 1. The summed E-state index contributed by atoms with van der Waals surface area (Å²) in [5, 5.41) is 2.12. The Bertz CT molecular complexity index is 938. The van der Waals surface area contributed by atoms with Crippen LogP contribution in [0.1, 0.15) is 67.9 Å². The van der Waals surface area contributed by atoms with E-state index < -0.39 is 47.0 Å². The first-order chi connectivity index (χ1) is 16.8. The molecule has 1 N–H and O–H groups in total. The fourth-order valence-electron chi connectivity index (χ4n) is 2.84. The Balaban J connectivity index is 3.45. The number of alkyl carbamates (subject to hydrolysis) is 1. The number of hydrogen-bond donors (Lipinski definition) is 1. The van der Waals surface area contributed by atoms with Gasteiger partial charge < -0.3 is 18.9 Å². The summed E-state index contributed by atoms with van der Waals surface area (Å²) in [7, 11) is 0. The van der Waals surface area contributed by atoms with Gasteiger partial charge in [-0.1, -0.05) is 24.8 Å². The highest BCUT2D eigenvalue weighted by atomic mass is 16.6. The van der Waals surface area contributed by atoms with Crippen molar-refractivity contribution in [3.63, 3.8) is 0 Å². The van der Waals surface area contributed by atoms with Crippen molar-refractivity contribution in [3.8, 4) is 5.75 Å². The lowest BCUT2D eigenvalue weighted by Gasteiger charge is -2.33. The third kappa shape index (κ3) is 12.3. The number of carbonyl (C=O) groups excluding carboxylic acids is 4. The Labute approximate surface area is 219 Å². The van der Waals surface area contributed by atoms with Crippen LogP contribution in [0.15, 0.2) is 36.9 Å². The summed E-state index contributed by atoms with van der Waals surface area (Å²) in [4.78, 5) is 52.6. The van der Waals surface area contributed by atoms with Crippen molar-refractivity contribution >= 4 is 24.2 Å². The molecule has 0 fully saturated rings. The van der Waals surface area contributed by atoms with Gasteiger partial charge in [-0.15, -0.1) is 0 Å². The van der Waals surface area contributed by atoms with Crippen LogP contribution in [-0.2, 0) is 25.4 Å². The van der Waals surface area contributed by atoms with Crippen LogP contribution in [0.2, 0.25) is 0 Å². The summed E-state index contributed by atoms with van der Waals surface area (Å²) < 4.78 is 21.5. The maximum atomic E-state index is 13.3. The van der Waals surface area contributed by atoms with Crippen LogP contribution < -0.4 is 10.1 Å². The molecule has 0 bridgehead atoms.